The molecule has 3 nitrogen and oxygen atoms in total. The van der Waals surface area contributed by atoms with Crippen molar-refractivity contribution in [3.8, 4) is 11.3 Å². The summed E-state index contributed by atoms with van der Waals surface area (Å²) in [6.07, 6.45) is 10.4. The van der Waals surface area contributed by atoms with Gasteiger partial charge in [-0.05, 0) is 42.5 Å². The minimum Gasteiger partial charge on any atom is -0.456 e. The Morgan fingerprint density at radius 2 is 1.77 bits per heavy atom. The van der Waals surface area contributed by atoms with Crippen LogP contribution < -0.4 is 5.32 Å². The molecule has 0 unspecified atom stereocenters. The number of pyridine rings is 1. The molecule has 0 spiro atoms. The van der Waals surface area contributed by atoms with Gasteiger partial charge in [-0.1, -0.05) is 43.5 Å². The van der Waals surface area contributed by atoms with Crippen LogP contribution in [0, 0.1) is 0 Å². The van der Waals surface area contributed by atoms with Crippen molar-refractivity contribution in [2.24, 2.45) is 0 Å². The first-order valence-corrected chi connectivity index (χ1v) is 9.50. The van der Waals surface area contributed by atoms with Crippen LogP contribution >= 0.6 is 0 Å². The molecule has 1 aliphatic rings. The monoisotopic (exact) mass is 342 g/mol. The molecule has 3 heteroatoms. The van der Waals surface area contributed by atoms with Crippen LogP contribution in [0.4, 0.5) is 5.69 Å². The standard InChI is InChI=1S/C23H22N2O/c1-2-7-18(8-3-1)25-19-11-10-17-14-24-15-21(20(17)13-19)23-12-16-6-4-5-9-22(16)26-23/h4-6,9-15,18,25H,1-3,7-8H2. The number of anilines is 1. The highest BCUT2D eigenvalue weighted by Gasteiger charge is 2.14. The fourth-order valence-corrected chi connectivity index (χ4v) is 4.05. The van der Waals surface area contributed by atoms with Crippen molar-refractivity contribution in [1.29, 1.82) is 0 Å². The van der Waals surface area contributed by atoms with E-state index in [2.05, 4.69) is 40.6 Å². The first-order chi connectivity index (χ1) is 12.9. The maximum Gasteiger partial charge on any atom is 0.137 e. The predicted molar refractivity (Wildman–Crippen MR) is 107 cm³/mol. The molecule has 0 radical (unpaired) electrons. The second-order valence-corrected chi connectivity index (χ2v) is 7.25. The summed E-state index contributed by atoms with van der Waals surface area (Å²) < 4.78 is 6.09. The van der Waals surface area contributed by atoms with Gasteiger partial charge in [0.2, 0.25) is 0 Å². The SMILES string of the molecule is c1ccc2oc(-c3cncc4ccc(NC5CCCCC5)cc34)cc2c1. The Morgan fingerprint density at radius 1 is 0.885 bits per heavy atom. The fraction of sp³-hybridized carbons (Fsp3) is 0.261. The minimum absolute atomic E-state index is 0.595. The number of para-hydroxylation sites is 1. The number of nitrogens with one attached hydrogen (secondary N) is 1. The van der Waals surface area contributed by atoms with Crippen LogP contribution in [-0.2, 0) is 0 Å². The third-order valence-corrected chi connectivity index (χ3v) is 5.43. The van der Waals surface area contributed by atoms with Gasteiger partial charge in [0, 0.05) is 40.5 Å². The summed E-state index contributed by atoms with van der Waals surface area (Å²) in [5.74, 6) is 0.874. The molecule has 0 bridgehead atoms. The van der Waals surface area contributed by atoms with E-state index in [1.165, 1.54) is 43.2 Å². The summed E-state index contributed by atoms with van der Waals surface area (Å²) >= 11 is 0. The lowest BCUT2D eigenvalue weighted by molar-refractivity contribution is 0.463. The smallest absolute Gasteiger partial charge is 0.137 e. The van der Waals surface area contributed by atoms with E-state index >= 15 is 0 Å². The van der Waals surface area contributed by atoms with Crippen LogP contribution in [0.25, 0.3) is 33.1 Å². The van der Waals surface area contributed by atoms with E-state index in [1.54, 1.807) is 0 Å². The van der Waals surface area contributed by atoms with Gasteiger partial charge >= 0.3 is 0 Å². The van der Waals surface area contributed by atoms with Crippen LogP contribution in [0.15, 0.2) is 65.3 Å². The average Bonchev–Trinajstić information content (AvgIpc) is 3.12. The summed E-state index contributed by atoms with van der Waals surface area (Å²) in [6.45, 7) is 0. The number of hydrogen-bond donors (Lipinski definition) is 1. The molecule has 130 valence electrons. The molecule has 1 N–H and O–H groups in total. The molecular formula is C23H22N2O. The number of benzene rings is 2. The van der Waals surface area contributed by atoms with Crippen molar-refractivity contribution < 1.29 is 4.42 Å². The summed E-state index contributed by atoms with van der Waals surface area (Å²) in [7, 11) is 0. The van der Waals surface area contributed by atoms with Gasteiger partial charge in [0.15, 0.2) is 0 Å². The molecule has 26 heavy (non-hydrogen) atoms. The number of rotatable bonds is 3. The summed E-state index contributed by atoms with van der Waals surface area (Å²) in [5.41, 5.74) is 3.15. The van der Waals surface area contributed by atoms with E-state index in [-0.39, 0.29) is 0 Å². The van der Waals surface area contributed by atoms with Gasteiger partial charge in [0.1, 0.15) is 11.3 Å². The molecule has 0 atom stereocenters. The molecule has 0 aliphatic heterocycles. The van der Waals surface area contributed by atoms with Crippen LogP contribution in [0.2, 0.25) is 0 Å². The van der Waals surface area contributed by atoms with Crippen LogP contribution in [0.3, 0.4) is 0 Å². The first kappa shape index (κ1) is 15.4. The lowest BCUT2D eigenvalue weighted by Crippen LogP contribution is -2.22. The first-order valence-electron chi connectivity index (χ1n) is 9.50. The Morgan fingerprint density at radius 3 is 2.65 bits per heavy atom. The molecule has 2 aromatic heterocycles. The zero-order valence-corrected chi connectivity index (χ0v) is 14.7. The maximum atomic E-state index is 6.09. The molecule has 0 saturated heterocycles. The normalized spacial score (nSPS) is 15.5. The van der Waals surface area contributed by atoms with Crippen molar-refractivity contribution in [2.75, 3.05) is 5.32 Å². The molecule has 1 saturated carbocycles. The molecule has 2 heterocycles. The largest absolute Gasteiger partial charge is 0.456 e. The Labute approximate surface area is 153 Å². The Bertz CT molecular complexity index is 1030. The van der Waals surface area contributed by atoms with Gasteiger partial charge in [0.25, 0.3) is 0 Å². The van der Waals surface area contributed by atoms with E-state index in [4.69, 9.17) is 4.42 Å². The average molecular weight is 342 g/mol. The van der Waals surface area contributed by atoms with Gasteiger partial charge in [0.05, 0.1) is 0 Å². The lowest BCUT2D eigenvalue weighted by Gasteiger charge is -2.24. The summed E-state index contributed by atoms with van der Waals surface area (Å²) in [4.78, 5) is 4.42. The van der Waals surface area contributed by atoms with Crippen LogP contribution in [-0.4, -0.2) is 11.0 Å². The molecule has 1 aliphatic carbocycles. The summed E-state index contributed by atoms with van der Waals surface area (Å²) in [6, 6.07) is 17.4. The van der Waals surface area contributed by atoms with Gasteiger partial charge in [-0.15, -0.1) is 0 Å². The summed E-state index contributed by atoms with van der Waals surface area (Å²) in [5, 5.41) is 7.17. The van der Waals surface area contributed by atoms with Gasteiger partial charge in [-0.3, -0.25) is 4.98 Å². The molecule has 1 fully saturated rings. The Balaban J connectivity index is 1.57. The van der Waals surface area contributed by atoms with Crippen molar-refractivity contribution in [3.63, 3.8) is 0 Å². The van der Waals surface area contributed by atoms with Gasteiger partial charge in [-0.25, -0.2) is 0 Å². The molecular weight excluding hydrogens is 320 g/mol. The van der Waals surface area contributed by atoms with E-state index in [0.29, 0.717) is 6.04 Å². The third kappa shape index (κ3) is 2.84. The highest BCUT2D eigenvalue weighted by atomic mass is 16.3. The van der Waals surface area contributed by atoms with E-state index in [9.17, 15) is 0 Å². The van der Waals surface area contributed by atoms with Crippen molar-refractivity contribution in [1.82, 2.24) is 4.98 Å². The Kier molecular flexibility index (Phi) is 3.85. The van der Waals surface area contributed by atoms with Crippen LogP contribution in [0.1, 0.15) is 32.1 Å². The third-order valence-electron chi connectivity index (χ3n) is 5.43. The van der Waals surface area contributed by atoms with E-state index in [0.717, 1.165) is 27.7 Å². The number of hydrogen-bond acceptors (Lipinski definition) is 3. The quantitative estimate of drug-likeness (QED) is 0.468. The Hall–Kier alpha value is -2.81. The molecule has 4 aromatic rings. The van der Waals surface area contributed by atoms with E-state index < -0.39 is 0 Å². The molecule has 2 aromatic carbocycles. The topological polar surface area (TPSA) is 38.1 Å². The van der Waals surface area contributed by atoms with Crippen molar-refractivity contribution in [2.45, 2.75) is 38.1 Å². The van der Waals surface area contributed by atoms with Crippen molar-refractivity contribution in [3.05, 3.63) is 60.9 Å². The number of fused-ring (bicyclic) bond motifs is 2. The molecule has 0 amide bonds. The number of nitrogens with zero attached hydrogens (tertiary/aromatic N) is 1. The van der Waals surface area contributed by atoms with Gasteiger partial charge in [-0.2, -0.15) is 0 Å². The van der Waals surface area contributed by atoms with Crippen LogP contribution in [0.5, 0.6) is 0 Å². The van der Waals surface area contributed by atoms with E-state index in [1.807, 2.05) is 30.6 Å². The highest BCUT2D eigenvalue weighted by Crippen LogP contribution is 2.34. The molecule has 5 rings (SSSR count). The second kappa shape index (κ2) is 6.49. The predicted octanol–water partition coefficient (Wildman–Crippen LogP) is 6.39. The number of furan rings is 1. The second-order valence-electron chi connectivity index (χ2n) is 7.25. The minimum atomic E-state index is 0.595. The maximum absolute atomic E-state index is 6.09. The highest BCUT2D eigenvalue weighted by molar-refractivity contribution is 5.98. The zero-order valence-electron chi connectivity index (χ0n) is 14.7. The zero-order chi connectivity index (χ0) is 17.3. The van der Waals surface area contributed by atoms with Gasteiger partial charge < -0.3 is 9.73 Å². The van der Waals surface area contributed by atoms with Crippen molar-refractivity contribution >= 4 is 27.4 Å². The fourth-order valence-electron chi connectivity index (χ4n) is 4.05. The number of aromatic nitrogens is 1. The lowest BCUT2D eigenvalue weighted by atomic mass is 9.95.